The number of rotatable bonds is 5. The smallest absolute Gasteiger partial charge is 0.415 e. The van der Waals surface area contributed by atoms with E-state index in [0.717, 1.165) is 0 Å². The first-order valence-corrected chi connectivity index (χ1v) is 6.88. The van der Waals surface area contributed by atoms with Crippen LogP contribution in [0, 0.1) is 5.92 Å². The summed E-state index contributed by atoms with van der Waals surface area (Å²) in [6.45, 7) is 3.00. The van der Waals surface area contributed by atoms with Crippen molar-refractivity contribution in [3.8, 4) is 0 Å². The molecule has 3 unspecified atom stereocenters. The number of hydrogen-bond acceptors (Lipinski definition) is 8. The van der Waals surface area contributed by atoms with E-state index in [0.29, 0.717) is 12.8 Å². The number of alkyl halides is 2. The average molecular weight is 328 g/mol. The molecule has 2 bridgehead atoms. The highest BCUT2D eigenvalue weighted by molar-refractivity contribution is 7.96. The first kappa shape index (κ1) is 16.4. The topological polar surface area (TPSA) is 91.3 Å². The van der Waals surface area contributed by atoms with Gasteiger partial charge in [-0.15, -0.1) is 4.33 Å². The maximum Gasteiger partial charge on any atom is 0.415 e. The lowest BCUT2D eigenvalue weighted by Crippen LogP contribution is -2.55. The minimum Gasteiger partial charge on any atom is -0.455 e. The van der Waals surface area contributed by atoms with Gasteiger partial charge in [-0.05, 0) is 26.7 Å². The van der Waals surface area contributed by atoms with E-state index in [4.69, 9.17) is 14.7 Å². The van der Waals surface area contributed by atoms with Crippen LogP contribution in [0.2, 0.25) is 0 Å². The normalized spacial score (nSPS) is 35.5. The summed E-state index contributed by atoms with van der Waals surface area (Å²) in [6.07, 6.45) is 0.932. The van der Waals surface area contributed by atoms with Crippen molar-refractivity contribution in [3.63, 3.8) is 0 Å². The molecule has 0 aromatic carbocycles. The summed E-state index contributed by atoms with van der Waals surface area (Å²) in [5, 5.41) is 6.80. The Morgan fingerprint density at radius 2 is 2.19 bits per heavy atom. The summed E-state index contributed by atoms with van der Waals surface area (Å²) in [4.78, 5) is 23.2. The largest absolute Gasteiger partial charge is 0.455 e. The zero-order valence-corrected chi connectivity index (χ0v) is 12.1. The molecule has 3 atom stereocenters. The number of halogens is 2. The number of hydrogen-bond donors (Lipinski definition) is 1. The quantitative estimate of drug-likeness (QED) is 0.355. The molecule has 0 spiro atoms. The third kappa shape index (κ3) is 2.85. The summed E-state index contributed by atoms with van der Waals surface area (Å²) in [7, 11) is 0. The number of ether oxygens (including phenoxy) is 2. The second-order valence-electron chi connectivity index (χ2n) is 5.45. The Bertz CT molecular complexity index is 460. The Morgan fingerprint density at radius 1 is 1.52 bits per heavy atom. The molecule has 1 N–H and O–H groups in total. The van der Waals surface area contributed by atoms with Crippen molar-refractivity contribution in [1.82, 2.24) is 0 Å². The average Bonchev–Trinajstić information content (AvgIpc) is 2.66. The molecule has 120 valence electrons. The SMILES string of the molecule is CC12CC(CCC1(C)OC(=O)C(F)(F)SOOO)C(=O)O2. The van der Waals surface area contributed by atoms with Crippen LogP contribution >= 0.6 is 12.0 Å². The molecule has 0 amide bonds. The van der Waals surface area contributed by atoms with Crippen LogP contribution in [0.3, 0.4) is 0 Å². The van der Waals surface area contributed by atoms with Gasteiger partial charge < -0.3 is 9.47 Å². The van der Waals surface area contributed by atoms with Crippen LogP contribution in [0.1, 0.15) is 33.1 Å². The molecule has 2 aliphatic rings. The van der Waals surface area contributed by atoms with E-state index < -0.39 is 40.4 Å². The predicted octanol–water partition coefficient (Wildman–Crippen LogP) is 2.07. The first-order chi connectivity index (χ1) is 9.63. The second kappa shape index (κ2) is 5.34. The Morgan fingerprint density at radius 3 is 2.81 bits per heavy atom. The lowest BCUT2D eigenvalue weighted by atomic mass is 9.71. The number of fused-ring (bicyclic) bond motifs is 2. The van der Waals surface area contributed by atoms with Crippen molar-refractivity contribution in [1.29, 1.82) is 0 Å². The van der Waals surface area contributed by atoms with E-state index in [1.54, 1.807) is 6.92 Å². The highest BCUT2D eigenvalue weighted by Crippen LogP contribution is 2.50. The fourth-order valence-electron chi connectivity index (χ4n) is 2.67. The zero-order valence-electron chi connectivity index (χ0n) is 11.3. The van der Waals surface area contributed by atoms with Crippen LogP contribution in [-0.4, -0.2) is 33.7 Å². The van der Waals surface area contributed by atoms with Gasteiger partial charge in [0.2, 0.25) is 0 Å². The summed E-state index contributed by atoms with van der Waals surface area (Å²) in [5.74, 6) is -2.56. The van der Waals surface area contributed by atoms with E-state index in [1.807, 2.05) is 0 Å². The lowest BCUT2D eigenvalue weighted by molar-refractivity contribution is -0.433. The van der Waals surface area contributed by atoms with Crippen molar-refractivity contribution < 1.29 is 42.5 Å². The summed E-state index contributed by atoms with van der Waals surface area (Å²) >= 11 is -0.695. The highest BCUT2D eigenvalue weighted by Gasteiger charge is 2.62. The van der Waals surface area contributed by atoms with Crippen molar-refractivity contribution in [2.45, 2.75) is 49.6 Å². The summed E-state index contributed by atoms with van der Waals surface area (Å²) in [5.41, 5.74) is -2.51. The maximum atomic E-state index is 13.4. The Hall–Kier alpha value is -0.970. The van der Waals surface area contributed by atoms with Crippen LogP contribution in [0.15, 0.2) is 0 Å². The fraction of sp³-hybridized carbons (Fsp3) is 0.818. The number of esters is 2. The van der Waals surface area contributed by atoms with E-state index in [9.17, 15) is 18.4 Å². The molecule has 2 rings (SSSR count). The van der Waals surface area contributed by atoms with Gasteiger partial charge >= 0.3 is 17.2 Å². The van der Waals surface area contributed by atoms with Crippen LogP contribution in [0.4, 0.5) is 8.78 Å². The van der Waals surface area contributed by atoms with Crippen molar-refractivity contribution in [2.75, 3.05) is 0 Å². The van der Waals surface area contributed by atoms with Gasteiger partial charge in [-0.1, -0.05) is 5.04 Å². The zero-order chi connectivity index (χ0) is 15.9. The fourth-order valence-corrected chi connectivity index (χ4v) is 2.90. The van der Waals surface area contributed by atoms with Crippen molar-refractivity contribution in [2.24, 2.45) is 5.92 Å². The molecule has 0 aromatic rings. The highest BCUT2D eigenvalue weighted by atomic mass is 32.2. The van der Waals surface area contributed by atoms with Gasteiger partial charge in [0.05, 0.1) is 5.92 Å². The minimum atomic E-state index is -4.08. The van der Waals surface area contributed by atoms with Crippen molar-refractivity contribution >= 4 is 24.0 Å². The molecule has 0 radical (unpaired) electrons. The van der Waals surface area contributed by atoms with Crippen LogP contribution in [-0.2, 0) is 28.4 Å². The van der Waals surface area contributed by atoms with Gasteiger partial charge in [-0.2, -0.15) is 8.78 Å². The molecular weight excluding hydrogens is 314 g/mol. The van der Waals surface area contributed by atoms with Gasteiger partial charge in [0.15, 0.2) is 0 Å². The second-order valence-corrected chi connectivity index (χ2v) is 6.27. The molecule has 1 saturated heterocycles. The van der Waals surface area contributed by atoms with E-state index in [1.165, 1.54) is 6.92 Å². The molecule has 21 heavy (non-hydrogen) atoms. The third-order valence-corrected chi connectivity index (χ3v) is 4.61. The van der Waals surface area contributed by atoms with Crippen LogP contribution in [0.5, 0.6) is 0 Å². The molecule has 0 aromatic heterocycles. The third-order valence-electron chi connectivity index (χ3n) is 4.11. The van der Waals surface area contributed by atoms with Crippen LogP contribution in [0.25, 0.3) is 0 Å². The standard InChI is InChI=1S/C11H14F2O7S/c1-9(18-8(15)11(12,13)21-20-19-16)4-3-6-5-10(9,2)17-7(6)14/h6,16H,3-5H2,1-2H3. The molecule has 1 aliphatic carbocycles. The Labute approximate surface area is 122 Å². The van der Waals surface area contributed by atoms with Gasteiger partial charge in [-0.25, -0.2) is 10.1 Å². The van der Waals surface area contributed by atoms with Crippen LogP contribution < -0.4 is 0 Å². The minimum absolute atomic E-state index is 0.226. The Balaban J connectivity index is 2.11. The molecule has 1 heterocycles. The number of carbonyl (C=O) groups is 2. The van der Waals surface area contributed by atoms with Gasteiger partial charge in [0.1, 0.15) is 23.2 Å². The van der Waals surface area contributed by atoms with Gasteiger partial charge in [0, 0.05) is 6.42 Å². The number of carbonyl (C=O) groups excluding carboxylic acids is 2. The Kier molecular flexibility index (Phi) is 4.17. The molecule has 2 fully saturated rings. The van der Waals surface area contributed by atoms with Crippen molar-refractivity contribution in [3.05, 3.63) is 0 Å². The van der Waals surface area contributed by atoms with E-state index in [2.05, 4.69) is 9.37 Å². The molecular formula is C11H14F2O7S. The monoisotopic (exact) mass is 328 g/mol. The van der Waals surface area contributed by atoms with Gasteiger partial charge in [0.25, 0.3) is 0 Å². The molecule has 10 heteroatoms. The molecule has 1 saturated carbocycles. The predicted molar refractivity (Wildman–Crippen MR) is 63.7 cm³/mol. The van der Waals surface area contributed by atoms with Gasteiger partial charge in [-0.3, -0.25) is 4.79 Å². The molecule has 7 nitrogen and oxygen atoms in total. The van der Waals surface area contributed by atoms with E-state index in [-0.39, 0.29) is 12.3 Å². The van der Waals surface area contributed by atoms with E-state index >= 15 is 0 Å². The summed E-state index contributed by atoms with van der Waals surface area (Å²) in [6, 6.07) is 0. The summed E-state index contributed by atoms with van der Waals surface area (Å²) < 4.78 is 40.6. The molecule has 1 aliphatic heterocycles. The maximum absolute atomic E-state index is 13.4. The first-order valence-electron chi connectivity index (χ1n) is 6.14. The lowest BCUT2D eigenvalue weighted by Gasteiger charge is -2.44.